The Kier molecular flexibility index (Phi) is 16.4. The van der Waals surface area contributed by atoms with Crippen LogP contribution in [0, 0.1) is 11.6 Å². The van der Waals surface area contributed by atoms with E-state index in [-0.39, 0.29) is 28.2 Å². The molecule has 0 spiro atoms. The van der Waals surface area contributed by atoms with E-state index >= 15 is 0 Å². The average molecular weight is 1390 g/mol. The average Bonchev–Trinajstić information content (AvgIpc) is 1.54. The highest BCUT2D eigenvalue weighted by Crippen LogP contribution is 2.44. The number of para-hydroxylation sites is 2. The third-order valence-corrected chi connectivity index (χ3v) is 20.8. The summed E-state index contributed by atoms with van der Waals surface area (Å²) in [6, 6.07) is 50.5. The molecule has 0 aliphatic carbocycles. The van der Waals surface area contributed by atoms with Crippen molar-refractivity contribution in [1.82, 2.24) is 29.4 Å². The fourth-order valence-corrected chi connectivity index (χ4v) is 13.4. The van der Waals surface area contributed by atoms with E-state index in [4.69, 9.17) is 18.1 Å². The first-order valence-electron chi connectivity index (χ1n) is 30.3. The van der Waals surface area contributed by atoms with Gasteiger partial charge in [-0.3, -0.25) is 27.0 Å². The van der Waals surface area contributed by atoms with Gasteiger partial charge in [0, 0.05) is 99.3 Å². The van der Waals surface area contributed by atoms with Gasteiger partial charge in [0.2, 0.25) is 20.0 Å². The maximum atomic E-state index is 13.7. The molecule has 0 atom stereocenters. The maximum Gasteiger partial charge on any atom is 0.497 e. The molecule has 1 aliphatic heterocycles. The lowest BCUT2D eigenvalue weighted by atomic mass is 9.77. The highest BCUT2D eigenvalue weighted by atomic mass is 79.9. The Morgan fingerprint density at radius 1 is 0.521 bits per heavy atom. The number of fused-ring (bicyclic) bond motifs is 12. The number of nitrogens with one attached hydrogen (secondary N) is 2. The molecule has 0 bridgehead atoms. The molecule has 0 unspecified atom stereocenters. The Hall–Kier alpha value is -9.98. The fraction of sp³-hybridized carbons (Fsp3) is 0.167. The zero-order chi connectivity index (χ0) is 68.1. The van der Waals surface area contributed by atoms with Crippen LogP contribution in [-0.4, -0.2) is 106 Å². The summed E-state index contributed by atoms with van der Waals surface area (Å²) < 4.78 is 110. The number of sulfonamides is 2. The summed E-state index contributed by atoms with van der Waals surface area (Å²) in [5.74, 6) is -1.16. The molecular formula is C72H62BBrF2N8O10S2. The molecule has 18 nitrogen and oxygen atoms in total. The Morgan fingerprint density at radius 3 is 1.43 bits per heavy atom. The SMILES string of the molecule is Brc1ccc2ncn3c4ccccc4cc3c2c1.CNC(=O)c1c(-c2ccc(F)cc2)oc2cc(N(C)S(C)(=O)=O)c(-c3ccc4ncn5c6ccccc6cc5c4c3)cc12.CNC(=O)c1c(-c2ccc(F)cc2)oc2cc(N(C)S(C)(=O)=O)c(B3OC(C)(C)C(C)(C)O3)cc12. The van der Waals surface area contributed by atoms with Gasteiger partial charge in [0.1, 0.15) is 47.0 Å². The number of aromatic nitrogens is 4. The number of furan rings is 2. The predicted octanol–water partition coefficient (Wildman–Crippen LogP) is 14.3. The van der Waals surface area contributed by atoms with Crippen LogP contribution in [0.1, 0.15) is 48.4 Å². The van der Waals surface area contributed by atoms with Crippen LogP contribution in [0.15, 0.2) is 196 Å². The number of benzene rings is 8. The molecule has 2 amide bonds. The zero-order valence-corrected chi connectivity index (χ0v) is 56.8. The van der Waals surface area contributed by atoms with Crippen LogP contribution in [0.2, 0.25) is 0 Å². The van der Waals surface area contributed by atoms with Gasteiger partial charge < -0.3 is 28.8 Å². The van der Waals surface area contributed by atoms with E-state index in [1.54, 1.807) is 30.6 Å². The molecule has 15 rings (SSSR count). The Bertz CT molecular complexity index is 5720. The number of carbonyl (C=O) groups is 2. The smallest absolute Gasteiger partial charge is 0.455 e. The topological polar surface area (TPSA) is 212 Å². The van der Waals surface area contributed by atoms with Crippen molar-refractivity contribution in [2.75, 3.05) is 49.3 Å². The zero-order valence-electron chi connectivity index (χ0n) is 53.6. The molecule has 96 heavy (non-hydrogen) atoms. The Labute approximate surface area is 559 Å². The van der Waals surface area contributed by atoms with Crippen LogP contribution in [0.4, 0.5) is 20.2 Å². The van der Waals surface area contributed by atoms with Gasteiger partial charge in [-0.25, -0.2) is 35.6 Å². The molecule has 7 heterocycles. The number of rotatable bonds is 10. The van der Waals surface area contributed by atoms with E-state index in [9.17, 15) is 35.2 Å². The van der Waals surface area contributed by atoms with Gasteiger partial charge in [0.25, 0.3) is 11.8 Å². The Balaban J connectivity index is 0.000000140. The van der Waals surface area contributed by atoms with E-state index in [0.29, 0.717) is 49.9 Å². The second-order valence-corrected chi connectivity index (χ2v) is 29.3. The number of amides is 2. The standard InChI is InChI=1S/C33H25FN4O4S.C24H28BFN2O6S.C15H9BrN2/c1-35-33(39)31-25-16-23(20-10-13-26-24(14-20)29-15-21-6-4-5-7-27(21)38(29)18-36-26)28(37(2)43(3,40)41)17-30(25)42-32(31)19-8-11-22(34)12-9-19;1-23(2)24(3,4)34-25(33-23)17-12-16-19(13-18(17)28(6)35(7,30)31)32-21(20(16)22(29)27-5)14-8-10-15(26)11-9-14;16-11-5-6-13-12(8-11)15-7-10-3-1-2-4-14(10)18(15)9-17-13/h4-18H,1-3H3,(H,35,39);8-13H,1-7H3,(H,27,29);1-9H. The van der Waals surface area contributed by atoms with Gasteiger partial charge in [0.05, 0.1) is 79.3 Å². The summed E-state index contributed by atoms with van der Waals surface area (Å²) in [6.07, 6.45) is 5.91. The van der Waals surface area contributed by atoms with Crippen LogP contribution < -0.4 is 24.7 Å². The number of halogens is 3. The van der Waals surface area contributed by atoms with Crippen LogP contribution in [0.3, 0.4) is 0 Å². The Morgan fingerprint density at radius 2 is 0.948 bits per heavy atom. The van der Waals surface area contributed by atoms with Crippen molar-refractivity contribution in [3.05, 3.63) is 210 Å². The van der Waals surface area contributed by atoms with Crippen LogP contribution in [0.25, 0.3) is 110 Å². The molecule has 8 aromatic carbocycles. The first-order chi connectivity index (χ1) is 45.6. The number of anilines is 2. The van der Waals surface area contributed by atoms with Crippen molar-refractivity contribution in [3.63, 3.8) is 0 Å². The monoisotopic (exact) mass is 1390 g/mol. The lowest BCUT2D eigenvalue weighted by molar-refractivity contribution is 0.00578. The molecular weight excluding hydrogens is 1330 g/mol. The quantitative estimate of drug-likeness (QED) is 0.122. The molecule has 0 saturated carbocycles. The van der Waals surface area contributed by atoms with Crippen molar-refractivity contribution in [1.29, 1.82) is 0 Å². The molecule has 2 N–H and O–H groups in total. The van der Waals surface area contributed by atoms with E-state index in [0.717, 1.165) is 59.7 Å². The number of nitrogens with zero attached hydrogens (tertiary/aromatic N) is 6. The summed E-state index contributed by atoms with van der Waals surface area (Å²) in [7, 11) is -2.31. The van der Waals surface area contributed by atoms with Gasteiger partial charge in [-0.05, 0) is 149 Å². The fourth-order valence-electron chi connectivity index (χ4n) is 12.0. The minimum absolute atomic E-state index is 0.235. The van der Waals surface area contributed by atoms with Gasteiger partial charge in [-0.15, -0.1) is 0 Å². The molecule has 14 aromatic rings. The van der Waals surface area contributed by atoms with Crippen LogP contribution >= 0.6 is 15.9 Å². The van der Waals surface area contributed by atoms with E-state index in [1.807, 2.05) is 93.0 Å². The maximum absolute atomic E-state index is 13.7. The molecule has 24 heteroatoms. The van der Waals surface area contributed by atoms with E-state index < -0.39 is 61.8 Å². The summed E-state index contributed by atoms with van der Waals surface area (Å²) in [5, 5.41) is 10.6. The van der Waals surface area contributed by atoms with Crippen molar-refractivity contribution in [2.24, 2.45) is 0 Å². The lowest BCUT2D eigenvalue weighted by Crippen LogP contribution is -2.41. The highest BCUT2D eigenvalue weighted by molar-refractivity contribution is 9.10. The molecule has 0 radical (unpaired) electrons. The van der Waals surface area contributed by atoms with Crippen molar-refractivity contribution >= 4 is 148 Å². The second kappa shape index (κ2) is 24.3. The molecule has 6 aromatic heterocycles. The minimum atomic E-state index is -3.68. The van der Waals surface area contributed by atoms with Crippen molar-refractivity contribution < 1.29 is 53.3 Å². The predicted molar refractivity (Wildman–Crippen MR) is 379 cm³/mol. The number of hydrogen-bond acceptors (Lipinski definition) is 12. The normalized spacial score (nSPS) is 13.8. The van der Waals surface area contributed by atoms with Gasteiger partial charge in [-0.2, -0.15) is 0 Å². The van der Waals surface area contributed by atoms with Crippen molar-refractivity contribution in [3.8, 4) is 33.8 Å². The first kappa shape index (κ1) is 64.7. The largest absolute Gasteiger partial charge is 0.497 e. The van der Waals surface area contributed by atoms with Crippen LogP contribution in [-0.2, 0) is 29.4 Å². The summed E-state index contributed by atoms with van der Waals surface area (Å²) >= 11 is 3.52. The summed E-state index contributed by atoms with van der Waals surface area (Å²) in [5.41, 5.74) is 9.35. The highest BCUT2D eigenvalue weighted by Gasteiger charge is 2.53. The lowest BCUT2D eigenvalue weighted by Gasteiger charge is -2.32. The first-order valence-corrected chi connectivity index (χ1v) is 34.8. The summed E-state index contributed by atoms with van der Waals surface area (Å²) in [6.45, 7) is 7.58. The molecule has 1 fully saturated rings. The van der Waals surface area contributed by atoms with Crippen LogP contribution in [0.5, 0.6) is 0 Å². The van der Waals surface area contributed by atoms with Crippen molar-refractivity contribution in [2.45, 2.75) is 38.9 Å². The van der Waals surface area contributed by atoms with Gasteiger partial charge in [0.15, 0.2) is 0 Å². The van der Waals surface area contributed by atoms with Gasteiger partial charge in [-0.1, -0.05) is 58.4 Å². The second-order valence-electron chi connectivity index (χ2n) is 24.4. The number of carbonyl (C=O) groups excluding carboxylic acids is 2. The molecule has 486 valence electrons. The molecule has 1 aliphatic rings. The third kappa shape index (κ3) is 11.6. The minimum Gasteiger partial charge on any atom is -0.455 e. The van der Waals surface area contributed by atoms with Gasteiger partial charge >= 0.3 is 7.12 Å². The van der Waals surface area contributed by atoms with E-state index in [1.165, 1.54) is 103 Å². The van der Waals surface area contributed by atoms with E-state index in [2.05, 4.69) is 83.4 Å². The number of hydrogen-bond donors (Lipinski definition) is 2. The summed E-state index contributed by atoms with van der Waals surface area (Å²) in [4.78, 5) is 35.4. The third-order valence-electron chi connectivity index (χ3n) is 17.9. The molecule has 1 saturated heterocycles.